The third-order valence-electron chi connectivity index (χ3n) is 2.26. The number of hydrogen-bond donors (Lipinski definition) is 2. The monoisotopic (exact) mass is 187 g/mol. The Hall–Kier alpha value is -1.10. The standard InChI is InChI=1S/C8H13NO4/c1-7(2,3)9-4-8(9,5(10)11)6(12)13/h4H2,1-3H3,(H,10,11)(H,12,13). The summed E-state index contributed by atoms with van der Waals surface area (Å²) in [6.45, 7) is 5.46. The molecule has 0 aromatic rings. The number of rotatable bonds is 2. The normalized spacial score (nSPS) is 25.3. The second-order valence-electron chi connectivity index (χ2n) is 4.23. The number of hydrogen-bond acceptors (Lipinski definition) is 3. The zero-order valence-corrected chi connectivity index (χ0v) is 7.87. The number of carboxylic acid groups (broad SMARTS) is 2. The van der Waals surface area contributed by atoms with Gasteiger partial charge in [0.15, 0.2) is 0 Å². The molecule has 2 N–H and O–H groups in total. The summed E-state index contributed by atoms with van der Waals surface area (Å²) in [6, 6.07) is 0. The highest BCUT2D eigenvalue weighted by Gasteiger charge is 2.68. The number of nitrogens with zero attached hydrogens (tertiary/aromatic N) is 1. The second kappa shape index (κ2) is 2.45. The van der Waals surface area contributed by atoms with E-state index in [-0.39, 0.29) is 6.54 Å². The lowest BCUT2D eigenvalue weighted by Gasteiger charge is -2.23. The highest BCUT2D eigenvalue weighted by molar-refractivity contribution is 6.07. The van der Waals surface area contributed by atoms with Crippen LogP contribution in [0.2, 0.25) is 0 Å². The lowest BCUT2D eigenvalue weighted by Crippen LogP contribution is -2.43. The van der Waals surface area contributed by atoms with Crippen molar-refractivity contribution in [3.05, 3.63) is 0 Å². The molecular formula is C8H13NO4. The van der Waals surface area contributed by atoms with Crippen molar-refractivity contribution in [2.75, 3.05) is 6.54 Å². The first kappa shape index (κ1) is 9.98. The fourth-order valence-corrected chi connectivity index (χ4v) is 1.46. The van der Waals surface area contributed by atoms with Gasteiger partial charge in [-0.05, 0) is 20.8 Å². The van der Waals surface area contributed by atoms with Crippen LogP contribution in [0.5, 0.6) is 0 Å². The molecule has 0 bridgehead atoms. The lowest BCUT2D eigenvalue weighted by molar-refractivity contribution is -0.154. The van der Waals surface area contributed by atoms with Crippen LogP contribution in [0, 0.1) is 0 Å². The Balaban J connectivity index is 2.92. The first-order valence-electron chi connectivity index (χ1n) is 3.97. The quantitative estimate of drug-likeness (QED) is 0.470. The van der Waals surface area contributed by atoms with Crippen LogP contribution in [0.4, 0.5) is 0 Å². The topological polar surface area (TPSA) is 77.6 Å². The minimum Gasteiger partial charge on any atom is -0.479 e. The van der Waals surface area contributed by atoms with E-state index in [1.54, 1.807) is 20.8 Å². The maximum Gasteiger partial charge on any atom is 0.337 e. The van der Waals surface area contributed by atoms with Crippen LogP contribution in [0.25, 0.3) is 0 Å². The Morgan fingerprint density at radius 1 is 1.23 bits per heavy atom. The third-order valence-corrected chi connectivity index (χ3v) is 2.26. The van der Waals surface area contributed by atoms with E-state index in [0.717, 1.165) is 0 Å². The van der Waals surface area contributed by atoms with E-state index in [9.17, 15) is 9.59 Å². The molecule has 13 heavy (non-hydrogen) atoms. The van der Waals surface area contributed by atoms with Gasteiger partial charge in [-0.1, -0.05) is 0 Å². The first-order valence-corrected chi connectivity index (χ1v) is 3.97. The van der Waals surface area contributed by atoms with Gasteiger partial charge in [-0.25, -0.2) is 9.59 Å². The van der Waals surface area contributed by atoms with Crippen molar-refractivity contribution in [3.63, 3.8) is 0 Å². The maximum atomic E-state index is 10.8. The van der Waals surface area contributed by atoms with Crippen LogP contribution in [-0.4, -0.2) is 44.7 Å². The molecule has 0 saturated carbocycles. The van der Waals surface area contributed by atoms with E-state index in [2.05, 4.69) is 0 Å². The molecule has 1 aliphatic rings. The predicted molar refractivity (Wildman–Crippen MR) is 44.5 cm³/mol. The maximum absolute atomic E-state index is 10.8. The molecule has 5 nitrogen and oxygen atoms in total. The molecule has 0 spiro atoms. The molecule has 1 saturated heterocycles. The van der Waals surface area contributed by atoms with Crippen molar-refractivity contribution in [2.24, 2.45) is 0 Å². The summed E-state index contributed by atoms with van der Waals surface area (Å²) < 4.78 is 0. The largest absolute Gasteiger partial charge is 0.479 e. The van der Waals surface area contributed by atoms with Gasteiger partial charge in [-0.3, -0.25) is 4.90 Å². The van der Waals surface area contributed by atoms with E-state index < -0.39 is 23.0 Å². The Bertz CT molecular complexity index is 252. The summed E-state index contributed by atoms with van der Waals surface area (Å²) in [7, 11) is 0. The highest BCUT2D eigenvalue weighted by atomic mass is 16.4. The van der Waals surface area contributed by atoms with Gasteiger partial charge in [-0.2, -0.15) is 0 Å². The third kappa shape index (κ3) is 1.29. The molecule has 1 atom stereocenters. The van der Waals surface area contributed by atoms with Crippen LogP contribution in [0.1, 0.15) is 20.8 Å². The van der Waals surface area contributed by atoms with E-state index in [1.807, 2.05) is 0 Å². The Kier molecular flexibility index (Phi) is 1.88. The fourth-order valence-electron chi connectivity index (χ4n) is 1.46. The first-order chi connectivity index (χ1) is 5.73. The van der Waals surface area contributed by atoms with E-state index in [1.165, 1.54) is 4.90 Å². The molecule has 74 valence electrons. The van der Waals surface area contributed by atoms with Crippen molar-refractivity contribution in [1.29, 1.82) is 0 Å². The van der Waals surface area contributed by atoms with Crippen LogP contribution in [-0.2, 0) is 9.59 Å². The van der Waals surface area contributed by atoms with Crippen LogP contribution >= 0.6 is 0 Å². The molecule has 0 aromatic heterocycles. The summed E-state index contributed by atoms with van der Waals surface area (Å²) in [5.74, 6) is -2.56. The molecule has 1 unspecified atom stereocenters. The summed E-state index contributed by atoms with van der Waals surface area (Å²) in [5, 5.41) is 17.6. The Morgan fingerprint density at radius 2 is 1.62 bits per heavy atom. The highest BCUT2D eigenvalue weighted by Crippen LogP contribution is 2.40. The predicted octanol–water partition coefficient (Wildman–Crippen LogP) is 0.00850. The molecule has 5 heteroatoms. The average Bonchev–Trinajstić information content (AvgIpc) is 2.58. The van der Waals surface area contributed by atoms with E-state index in [4.69, 9.17) is 10.2 Å². The van der Waals surface area contributed by atoms with Gasteiger partial charge in [0.1, 0.15) is 0 Å². The molecule has 1 heterocycles. The summed E-state index contributed by atoms with van der Waals surface area (Å²) in [6.07, 6.45) is 0. The van der Waals surface area contributed by atoms with Crippen LogP contribution < -0.4 is 0 Å². The number of carbonyl (C=O) groups is 2. The average molecular weight is 187 g/mol. The van der Waals surface area contributed by atoms with Crippen LogP contribution in [0.15, 0.2) is 0 Å². The molecule has 0 aliphatic carbocycles. The molecule has 0 aromatic carbocycles. The van der Waals surface area contributed by atoms with E-state index >= 15 is 0 Å². The van der Waals surface area contributed by atoms with Crippen molar-refractivity contribution in [1.82, 2.24) is 4.90 Å². The van der Waals surface area contributed by atoms with Crippen molar-refractivity contribution >= 4 is 11.9 Å². The molecule has 1 aliphatic heterocycles. The second-order valence-corrected chi connectivity index (χ2v) is 4.23. The number of aliphatic carboxylic acids is 2. The van der Waals surface area contributed by atoms with Gasteiger partial charge < -0.3 is 10.2 Å². The molecule has 0 radical (unpaired) electrons. The van der Waals surface area contributed by atoms with Gasteiger partial charge >= 0.3 is 11.9 Å². The fraction of sp³-hybridized carbons (Fsp3) is 0.750. The Labute approximate surface area is 76.0 Å². The molecule has 1 rings (SSSR count). The zero-order chi connectivity index (χ0) is 10.4. The minimum absolute atomic E-state index is 0.0845. The molecule has 0 amide bonds. The van der Waals surface area contributed by atoms with Gasteiger partial charge in [0.05, 0.1) is 0 Å². The summed E-state index contributed by atoms with van der Waals surface area (Å²) >= 11 is 0. The smallest absolute Gasteiger partial charge is 0.337 e. The van der Waals surface area contributed by atoms with Gasteiger partial charge in [-0.15, -0.1) is 0 Å². The SMILES string of the molecule is CC(C)(C)N1CC1(C(=O)O)C(=O)O. The summed E-state index contributed by atoms with van der Waals surface area (Å²) in [4.78, 5) is 23.0. The van der Waals surface area contributed by atoms with Crippen molar-refractivity contribution in [2.45, 2.75) is 31.8 Å². The molecule has 1 fully saturated rings. The van der Waals surface area contributed by atoms with Gasteiger partial charge in [0.25, 0.3) is 0 Å². The lowest BCUT2D eigenvalue weighted by atomic mass is 10.1. The minimum atomic E-state index is -1.68. The van der Waals surface area contributed by atoms with E-state index in [0.29, 0.717) is 0 Å². The zero-order valence-electron chi connectivity index (χ0n) is 7.87. The number of carboxylic acids is 2. The summed E-state index contributed by atoms with van der Waals surface area (Å²) in [5.41, 5.74) is -2.10. The van der Waals surface area contributed by atoms with Gasteiger partial charge in [0.2, 0.25) is 5.54 Å². The Morgan fingerprint density at radius 3 is 1.69 bits per heavy atom. The molecular weight excluding hydrogens is 174 g/mol. The van der Waals surface area contributed by atoms with Crippen molar-refractivity contribution in [3.8, 4) is 0 Å². The van der Waals surface area contributed by atoms with Crippen molar-refractivity contribution < 1.29 is 19.8 Å². The van der Waals surface area contributed by atoms with Crippen LogP contribution in [0.3, 0.4) is 0 Å². The van der Waals surface area contributed by atoms with Gasteiger partial charge in [0, 0.05) is 12.1 Å².